The molecule has 2 aromatic heterocycles. The molecule has 0 radical (unpaired) electrons. The number of hydrogen-bond acceptors (Lipinski definition) is 4. The minimum atomic E-state index is -0.595. The smallest absolute Gasteiger partial charge is 0.272 e. The molecule has 2 amide bonds. The Balaban J connectivity index is 1.83. The van der Waals surface area contributed by atoms with Crippen molar-refractivity contribution in [3.8, 4) is 0 Å². The summed E-state index contributed by atoms with van der Waals surface area (Å²) in [6.45, 7) is 3.13. The first kappa shape index (κ1) is 21.7. The summed E-state index contributed by atoms with van der Waals surface area (Å²) >= 11 is 1.57. The van der Waals surface area contributed by atoms with Crippen molar-refractivity contribution in [2.75, 3.05) is 25.6 Å². The summed E-state index contributed by atoms with van der Waals surface area (Å²) in [5, 5.41) is 4.64. The van der Waals surface area contributed by atoms with Gasteiger partial charge in [-0.05, 0) is 54.3 Å². The Hall–Kier alpha value is -2.97. The minimum Gasteiger partial charge on any atom is -0.383 e. The summed E-state index contributed by atoms with van der Waals surface area (Å²) in [5.74, 6) is -1.30. The van der Waals surface area contributed by atoms with E-state index >= 15 is 0 Å². The lowest BCUT2D eigenvalue weighted by molar-refractivity contribution is 0.0681. The van der Waals surface area contributed by atoms with Gasteiger partial charge in [0.05, 0.1) is 13.2 Å². The molecule has 158 valence electrons. The molecule has 30 heavy (non-hydrogen) atoms. The molecule has 3 rings (SSSR count). The molecule has 0 saturated heterocycles. The highest BCUT2D eigenvalue weighted by Gasteiger charge is 2.20. The zero-order chi connectivity index (χ0) is 21.7. The summed E-state index contributed by atoms with van der Waals surface area (Å²) in [6, 6.07) is 9.28. The first-order chi connectivity index (χ1) is 14.4. The fourth-order valence-corrected chi connectivity index (χ4v) is 3.97. The summed E-state index contributed by atoms with van der Waals surface area (Å²) in [6.07, 6.45) is 1.75. The number of rotatable bonds is 8. The zero-order valence-electron chi connectivity index (χ0n) is 17.1. The lowest BCUT2D eigenvalue weighted by Crippen LogP contribution is -2.33. The molecule has 0 saturated carbocycles. The fourth-order valence-electron chi connectivity index (χ4n) is 3.05. The van der Waals surface area contributed by atoms with Crippen LogP contribution in [0.4, 0.5) is 10.1 Å². The van der Waals surface area contributed by atoms with Crippen LogP contribution >= 0.6 is 11.3 Å². The molecule has 0 atom stereocenters. The Morgan fingerprint density at radius 2 is 2.07 bits per heavy atom. The van der Waals surface area contributed by atoms with Crippen LogP contribution in [0.15, 0.2) is 48.0 Å². The van der Waals surface area contributed by atoms with Crippen LogP contribution in [-0.4, -0.2) is 41.5 Å². The van der Waals surface area contributed by atoms with Gasteiger partial charge in [0.15, 0.2) is 0 Å². The van der Waals surface area contributed by atoms with Gasteiger partial charge in [-0.15, -0.1) is 11.3 Å². The largest absolute Gasteiger partial charge is 0.383 e. The van der Waals surface area contributed by atoms with Crippen molar-refractivity contribution in [2.45, 2.75) is 13.5 Å². The summed E-state index contributed by atoms with van der Waals surface area (Å²) in [7, 11) is 3.31. The number of thiophene rings is 1. The highest BCUT2D eigenvalue weighted by Crippen LogP contribution is 2.21. The number of carbonyl (C=O) groups excluding carboxylic acids is 2. The van der Waals surface area contributed by atoms with Crippen molar-refractivity contribution in [3.63, 3.8) is 0 Å². The highest BCUT2D eigenvalue weighted by atomic mass is 32.1. The van der Waals surface area contributed by atoms with Gasteiger partial charge >= 0.3 is 0 Å². The maximum Gasteiger partial charge on any atom is 0.272 e. The molecule has 0 fully saturated rings. The standard InChI is InChI=1S/C22H24FN3O3S/c1-15-6-10-30-20(15)14-26(8-9-29-3)22(28)16-11-17(23)13-18(12-16)24-21(27)19-5-4-7-25(19)2/h4-7,10-13H,8-9,14H2,1-3H3,(H,24,27). The Morgan fingerprint density at radius 3 is 2.70 bits per heavy atom. The molecule has 0 spiro atoms. The number of aryl methyl sites for hydroxylation is 2. The number of ether oxygens (including phenoxy) is 1. The van der Waals surface area contributed by atoms with E-state index in [2.05, 4.69) is 5.32 Å². The van der Waals surface area contributed by atoms with Gasteiger partial charge < -0.3 is 19.5 Å². The van der Waals surface area contributed by atoms with Gasteiger partial charge in [-0.25, -0.2) is 4.39 Å². The Bertz CT molecular complexity index is 1040. The molecule has 0 unspecified atom stereocenters. The van der Waals surface area contributed by atoms with Crippen LogP contribution in [0.5, 0.6) is 0 Å². The van der Waals surface area contributed by atoms with Crippen molar-refractivity contribution >= 4 is 28.8 Å². The highest BCUT2D eigenvalue weighted by molar-refractivity contribution is 7.10. The van der Waals surface area contributed by atoms with Crippen molar-refractivity contribution in [1.82, 2.24) is 9.47 Å². The predicted octanol–water partition coefficient (Wildman–Crippen LogP) is 4.08. The van der Waals surface area contributed by atoms with Crippen LogP contribution in [0.1, 0.15) is 31.3 Å². The molecular formula is C22H24FN3O3S. The number of methoxy groups -OCH3 is 1. The third-order valence-electron chi connectivity index (χ3n) is 4.73. The third-order valence-corrected chi connectivity index (χ3v) is 5.74. The molecule has 0 aliphatic rings. The zero-order valence-corrected chi connectivity index (χ0v) is 18.0. The van der Waals surface area contributed by atoms with Gasteiger partial charge in [0, 0.05) is 43.0 Å². The lowest BCUT2D eigenvalue weighted by atomic mass is 10.1. The molecule has 6 nitrogen and oxygen atoms in total. The molecule has 0 bridgehead atoms. The van der Waals surface area contributed by atoms with Crippen molar-refractivity contribution in [2.24, 2.45) is 7.05 Å². The van der Waals surface area contributed by atoms with E-state index in [1.807, 2.05) is 18.4 Å². The molecule has 1 N–H and O–H groups in total. The second-order valence-electron chi connectivity index (χ2n) is 6.93. The van der Waals surface area contributed by atoms with Crippen LogP contribution in [0.3, 0.4) is 0 Å². The van der Waals surface area contributed by atoms with Crippen LogP contribution in [0, 0.1) is 12.7 Å². The van der Waals surface area contributed by atoms with E-state index in [9.17, 15) is 14.0 Å². The van der Waals surface area contributed by atoms with Crippen molar-refractivity contribution in [3.05, 3.63) is 75.5 Å². The van der Waals surface area contributed by atoms with E-state index in [0.717, 1.165) is 10.4 Å². The van der Waals surface area contributed by atoms with Crippen LogP contribution in [0.25, 0.3) is 0 Å². The average Bonchev–Trinajstić information content (AvgIpc) is 3.32. The van der Waals surface area contributed by atoms with Gasteiger partial charge in [-0.2, -0.15) is 0 Å². The first-order valence-corrected chi connectivity index (χ1v) is 10.3. The molecule has 1 aromatic carbocycles. The SMILES string of the molecule is COCCN(Cc1sccc1C)C(=O)c1cc(F)cc(NC(=O)c2cccn2C)c1. The molecule has 0 aliphatic heterocycles. The van der Waals surface area contributed by atoms with E-state index in [1.165, 1.54) is 18.2 Å². The fraction of sp³-hybridized carbons (Fsp3) is 0.273. The molecule has 8 heteroatoms. The third kappa shape index (κ3) is 5.14. The first-order valence-electron chi connectivity index (χ1n) is 9.43. The van der Waals surface area contributed by atoms with E-state index in [-0.39, 0.29) is 23.1 Å². The number of aromatic nitrogens is 1. The van der Waals surface area contributed by atoms with Gasteiger partial charge in [0.25, 0.3) is 11.8 Å². The van der Waals surface area contributed by atoms with Crippen LogP contribution in [-0.2, 0) is 18.3 Å². The monoisotopic (exact) mass is 429 g/mol. The predicted molar refractivity (Wildman–Crippen MR) is 115 cm³/mol. The Kier molecular flexibility index (Phi) is 7.02. The van der Waals surface area contributed by atoms with Crippen molar-refractivity contribution < 1.29 is 18.7 Å². The summed E-state index contributed by atoms with van der Waals surface area (Å²) in [4.78, 5) is 28.3. The number of halogens is 1. The number of carbonyl (C=O) groups is 2. The quantitative estimate of drug-likeness (QED) is 0.587. The van der Waals surface area contributed by atoms with E-state index in [1.54, 1.807) is 53.3 Å². The topological polar surface area (TPSA) is 63.6 Å². The van der Waals surface area contributed by atoms with E-state index in [0.29, 0.717) is 25.4 Å². The minimum absolute atomic E-state index is 0.169. The summed E-state index contributed by atoms with van der Waals surface area (Å²) in [5.41, 5.74) is 1.93. The summed E-state index contributed by atoms with van der Waals surface area (Å²) < 4.78 is 21.1. The maximum absolute atomic E-state index is 14.3. The lowest BCUT2D eigenvalue weighted by Gasteiger charge is -2.23. The second kappa shape index (κ2) is 9.69. The van der Waals surface area contributed by atoms with Gasteiger partial charge in [-0.1, -0.05) is 0 Å². The van der Waals surface area contributed by atoms with Gasteiger partial charge in [0.1, 0.15) is 11.5 Å². The maximum atomic E-state index is 14.3. The molecule has 2 heterocycles. The normalized spacial score (nSPS) is 10.8. The average molecular weight is 430 g/mol. The van der Waals surface area contributed by atoms with E-state index in [4.69, 9.17) is 4.74 Å². The van der Waals surface area contributed by atoms with E-state index < -0.39 is 5.82 Å². The number of anilines is 1. The van der Waals surface area contributed by atoms with Crippen molar-refractivity contribution in [1.29, 1.82) is 0 Å². The number of amides is 2. The molecular weight excluding hydrogens is 405 g/mol. The van der Waals surface area contributed by atoms with Crippen LogP contribution in [0.2, 0.25) is 0 Å². The molecule has 3 aromatic rings. The van der Waals surface area contributed by atoms with Crippen LogP contribution < -0.4 is 5.32 Å². The second-order valence-corrected chi connectivity index (χ2v) is 7.93. The number of benzene rings is 1. The number of nitrogens with one attached hydrogen (secondary N) is 1. The van der Waals surface area contributed by atoms with Gasteiger partial charge in [-0.3, -0.25) is 9.59 Å². The molecule has 0 aliphatic carbocycles. The number of hydrogen-bond donors (Lipinski definition) is 1. The number of nitrogens with zero attached hydrogens (tertiary/aromatic N) is 2. The van der Waals surface area contributed by atoms with Gasteiger partial charge in [0.2, 0.25) is 0 Å². The Labute approximate surface area is 178 Å². The Morgan fingerprint density at radius 1 is 1.27 bits per heavy atom.